The van der Waals surface area contributed by atoms with E-state index in [1.807, 2.05) is 0 Å². The SMILES string of the molecule is CC1CC(F)C2CC2C1. The van der Waals surface area contributed by atoms with Crippen LogP contribution < -0.4 is 0 Å². The normalized spacial score (nSPS) is 56.7. The Morgan fingerprint density at radius 3 is 2.67 bits per heavy atom. The molecule has 0 saturated heterocycles. The third-order valence-electron chi connectivity index (χ3n) is 2.77. The molecule has 0 aromatic rings. The maximum absolute atomic E-state index is 12.9. The summed E-state index contributed by atoms with van der Waals surface area (Å²) in [5, 5.41) is 0. The highest BCUT2D eigenvalue weighted by Gasteiger charge is 2.47. The Bertz CT molecular complexity index is 122. The fourth-order valence-corrected chi connectivity index (χ4v) is 2.16. The molecular formula is C8H13F. The van der Waals surface area contributed by atoms with Crippen LogP contribution in [0.25, 0.3) is 0 Å². The van der Waals surface area contributed by atoms with E-state index in [2.05, 4.69) is 6.92 Å². The van der Waals surface area contributed by atoms with Crippen LogP contribution >= 0.6 is 0 Å². The maximum Gasteiger partial charge on any atom is 0.103 e. The molecule has 2 aliphatic carbocycles. The van der Waals surface area contributed by atoms with Gasteiger partial charge in [0.2, 0.25) is 0 Å². The Hall–Kier alpha value is -0.0700. The zero-order valence-electron chi connectivity index (χ0n) is 5.81. The maximum atomic E-state index is 12.9. The molecule has 52 valence electrons. The molecule has 2 rings (SSSR count). The molecule has 0 spiro atoms. The van der Waals surface area contributed by atoms with Crippen LogP contribution in [0.3, 0.4) is 0 Å². The lowest BCUT2D eigenvalue weighted by atomic mass is 9.90. The second kappa shape index (κ2) is 1.71. The second-order valence-electron chi connectivity index (χ2n) is 3.75. The average Bonchev–Trinajstić information content (AvgIpc) is 2.43. The fraction of sp³-hybridized carbons (Fsp3) is 1.00. The molecule has 4 atom stereocenters. The number of fused-ring (bicyclic) bond motifs is 1. The first-order chi connectivity index (χ1) is 4.27. The Labute approximate surface area is 55.4 Å². The quantitative estimate of drug-likeness (QED) is 0.470. The smallest absolute Gasteiger partial charge is 0.103 e. The fourth-order valence-electron chi connectivity index (χ4n) is 2.16. The van der Waals surface area contributed by atoms with Gasteiger partial charge in [0.05, 0.1) is 0 Å². The Balaban J connectivity index is 1.99. The van der Waals surface area contributed by atoms with Gasteiger partial charge in [-0.05, 0) is 37.0 Å². The van der Waals surface area contributed by atoms with E-state index in [4.69, 9.17) is 0 Å². The number of rotatable bonds is 0. The third kappa shape index (κ3) is 0.867. The van der Waals surface area contributed by atoms with E-state index in [1.165, 1.54) is 12.8 Å². The van der Waals surface area contributed by atoms with Crippen LogP contribution in [0.2, 0.25) is 0 Å². The summed E-state index contributed by atoms with van der Waals surface area (Å²) in [6.07, 6.45) is 2.87. The van der Waals surface area contributed by atoms with Gasteiger partial charge in [0.15, 0.2) is 0 Å². The van der Waals surface area contributed by atoms with E-state index in [-0.39, 0.29) is 0 Å². The van der Waals surface area contributed by atoms with Gasteiger partial charge in [0.1, 0.15) is 6.17 Å². The molecule has 0 heterocycles. The van der Waals surface area contributed by atoms with Crippen LogP contribution in [0.4, 0.5) is 4.39 Å². The molecular weight excluding hydrogens is 115 g/mol. The highest BCUT2D eigenvalue weighted by atomic mass is 19.1. The molecule has 9 heavy (non-hydrogen) atoms. The second-order valence-corrected chi connectivity index (χ2v) is 3.75. The Morgan fingerprint density at radius 1 is 1.22 bits per heavy atom. The topological polar surface area (TPSA) is 0 Å². The van der Waals surface area contributed by atoms with Gasteiger partial charge in [-0.3, -0.25) is 0 Å². The molecule has 0 aromatic carbocycles. The standard InChI is InChI=1S/C8H13F/c1-5-2-6-4-7(6)8(9)3-5/h5-8H,2-4H2,1H3. The minimum atomic E-state index is -0.446. The Kier molecular flexibility index (Phi) is 1.08. The van der Waals surface area contributed by atoms with Gasteiger partial charge in [-0.2, -0.15) is 0 Å². The van der Waals surface area contributed by atoms with E-state index in [9.17, 15) is 4.39 Å². The number of halogens is 1. The predicted octanol–water partition coefficient (Wildman–Crippen LogP) is 2.39. The van der Waals surface area contributed by atoms with Crippen molar-refractivity contribution < 1.29 is 4.39 Å². The lowest BCUT2D eigenvalue weighted by molar-refractivity contribution is 0.193. The van der Waals surface area contributed by atoms with Gasteiger partial charge in [0.25, 0.3) is 0 Å². The molecule has 2 saturated carbocycles. The van der Waals surface area contributed by atoms with Crippen molar-refractivity contribution in [2.45, 2.75) is 32.4 Å². The van der Waals surface area contributed by atoms with Gasteiger partial charge in [-0.1, -0.05) is 6.92 Å². The summed E-state index contributed by atoms with van der Waals surface area (Å²) in [6, 6.07) is 0. The molecule has 0 amide bonds. The van der Waals surface area contributed by atoms with Crippen LogP contribution in [0.1, 0.15) is 26.2 Å². The first kappa shape index (κ1) is 5.70. The molecule has 0 nitrogen and oxygen atoms in total. The number of hydrogen-bond donors (Lipinski definition) is 0. The lowest BCUT2D eigenvalue weighted by Crippen LogP contribution is -2.16. The van der Waals surface area contributed by atoms with Crippen molar-refractivity contribution in [3.05, 3.63) is 0 Å². The number of hydrogen-bond acceptors (Lipinski definition) is 0. The molecule has 2 fully saturated rings. The summed E-state index contributed by atoms with van der Waals surface area (Å²) in [7, 11) is 0. The van der Waals surface area contributed by atoms with Crippen LogP contribution in [0.5, 0.6) is 0 Å². The van der Waals surface area contributed by atoms with Crippen LogP contribution in [0.15, 0.2) is 0 Å². The first-order valence-corrected chi connectivity index (χ1v) is 3.91. The zero-order valence-corrected chi connectivity index (χ0v) is 5.81. The van der Waals surface area contributed by atoms with E-state index in [1.54, 1.807) is 0 Å². The summed E-state index contributed by atoms with van der Waals surface area (Å²) < 4.78 is 12.9. The van der Waals surface area contributed by atoms with Gasteiger partial charge in [0, 0.05) is 0 Å². The van der Waals surface area contributed by atoms with Gasteiger partial charge >= 0.3 is 0 Å². The molecule has 2 aliphatic rings. The predicted molar refractivity (Wildman–Crippen MR) is 34.9 cm³/mol. The van der Waals surface area contributed by atoms with Crippen molar-refractivity contribution in [3.63, 3.8) is 0 Å². The molecule has 0 bridgehead atoms. The highest BCUT2D eigenvalue weighted by Crippen LogP contribution is 2.52. The largest absolute Gasteiger partial charge is 0.247 e. The van der Waals surface area contributed by atoms with Crippen LogP contribution in [-0.4, -0.2) is 6.17 Å². The third-order valence-corrected chi connectivity index (χ3v) is 2.77. The molecule has 0 radical (unpaired) electrons. The summed E-state index contributed by atoms with van der Waals surface area (Å²) in [5.41, 5.74) is 0. The van der Waals surface area contributed by atoms with E-state index in [0.717, 1.165) is 12.3 Å². The average molecular weight is 128 g/mol. The molecule has 1 heteroatoms. The zero-order chi connectivity index (χ0) is 6.43. The molecule has 0 aromatic heterocycles. The van der Waals surface area contributed by atoms with Crippen molar-refractivity contribution in [3.8, 4) is 0 Å². The van der Waals surface area contributed by atoms with Crippen molar-refractivity contribution in [1.82, 2.24) is 0 Å². The monoisotopic (exact) mass is 128 g/mol. The van der Waals surface area contributed by atoms with Crippen molar-refractivity contribution in [2.24, 2.45) is 17.8 Å². The van der Waals surface area contributed by atoms with E-state index >= 15 is 0 Å². The summed E-state index contributed by atoms with van der Waals surface area (Å²) in [5.74, 6) is 1.92. The molecule has 0 aliphatic heterocycles. The summed E-state index contributed by atoms with van der Waals surface area (Å²) in [6.45, 7) is 2.17. The lowest BCUT2D eigenvalue weighted by Gasteiger charge is -2.19. The summed E-state index contributed by atoms with van der Waals surface area (Å²) in [4.78, 5) is 0. The van der Waals surface area contributed by atoms with Crippen molar-refractivity contribution in [1.29, 1.82) is 0 Å². The van der Waals surface area contributed by atoms with Crippen molar-refractivity contribution >= 4 is 0 Å². The van der Waals surface area contributed by atoms with Crippen LogP contribution in [-0.2, 0) is 0 Å². The van der Waals surface area contributed by atoms with Gasteiger partial charge < -0.3 is 0 Å². The van der Waals surface area contributed by atoms with Gasteiger partial charge in [-0.25, -0.2) is 4.39 Å². The van der Waals surface area contributed by atoms with E-state index in [0.29, 0.717) is 11.8 Å². The highest BCUT2D eigenvalue weighted by molar-refractivity contribution is 4.96. The molecule has 0 N–H and O–H groups in total. The van der Waals surface area contributed by atoms with E-state index < -0.39 is 6.17 Å². The number of alkyl halides is 1. The van der Waals surface area contributed by atoms with Crippen molar-refractivity contribution in [2.75, 3.05) is 0 Å². The molecule has 4 unspecified atom stereocenters. The van der Waals surface area contributed by atoms with Gasteiger partial charge in [-0.15, -0.1) is 0 Å². The van der Waals surface area contributed by atoms with Crippen LogP contribution in [0, 0.1) is 17.8 Å². The minimum Gasteiger partial charge on any atom is -0.247 e. The first-order valence-electron chi connectivity index (χ1n) is 3.91. The Morgan fingerprint density at radius 2 is 2.00 bits per heavy atom. The minimum absolute atomic E-state index is 0.446. The summed E-state index contributed by atoms with van der Waals surface area (Å²) >= 11 is 0.